The average molecular weight is 341 g/mol. The summed E-state index contributed by atoms with van der Waals surface area (Å²) in [6.07, 6.45) is 0.139. The highest BCUT2D eigenvalue weighted by molar-refractivity contribution is 6.32. The molecular formula is C15H11ClF2N2O3. The molecule has 0 bridgehead atoms. The van der Waals surface area contributed by atoms with Gasteiger partial charge in [0.1, 0.15) is 17.2 Å². The first-order valence-electron chi connectivity index (χ1n) is 6.46. The minimum Gasteiger partial charge on any atom is -0.449 e. The van der Waals surface area contributed by atoms with E-state index in [1.54, 1.807) is 6.07 Å². The first-order chi connectivity index (χ1) is 10.9. The molecule has 1 N–H and O–H groups in total. The Labute approximate surface area is 135 Å². The van der Waals surface area contributed by atoms with Crippen molar-refractivity contribution in [3.8, 4) is 0 Å². The number of halogens is 3. The molecule has 5 nitrogen and oxygen atoms in total. The lowest BCUT2D eigenvalue weighted by Gasteiger charge is -2.14. The van der Waals surface area contributed by atoms with E-state index >= 15 is 0 Å². The van der Waals surface area contributed by atoms with Gasteiger partial charge in [0, 0.05) is 6.20 Å². The van der Waals surface area contributed by atoms with Gasteiger partial charge in [-0.1, -0.05) is 17.7 Å². The normalized spacial score (nSPS) is 11.7. The van der Waals surface area contributed by atoms with Gasteiger partial charge in [0.05, 0.1) is 5.69 Å². The molecule has 0 radical (unpaired) electrons. The molecule has 1 atom stereocenters. The van der Waals surface area contributed by atoms with Crippen molar-refractivity contribution in [1.29, 1.82) is 0 Å². The number of hydrogen-bond acceptors (Lipinski definition) is 4. The third-order valence-electron chi connectivity index (χ3n) is 2.84. The Morgan fingerprint density at radius 3 is 2.48 bits per heavy atom. The van der Waals surface area contributed by atoms with Gasteiger partial charge in [0.15, 0.2) is 11.3 Å². The fourth-order valence-electron chi connectivity index (χ4n) is 1.68. The minimum absolute atomic E-state index is 0.0551. The van der Waals surface area contributed by atoms with Crippen LogP contribution in [0.1, 0.15) is 17.3 Å². The van der Waals surface area contributed by atoms with Crippen LogP contribution in [0.3, 0.4) is 0 Å². The summed E-state index contributed by atoms with van der Waals surface area (Å²) in [5, 5.41) is 2.45. The molecule has 1 amide bonds. The standard InChI is InChI=1S/C15H11ClF2N2O3/c1-8(14(21)20-11-6-3-7-19-13(11)16)23-15(22)12-9(17)4-2-5-10(12)18/h2-8H,1H3,(H,20,21). The van der Waals surface area contributed by atoms with Crippen LogP contribution < -0.4 is 5.32 Å². The number of aromatic nitrogens is 1. The fraction of sp³-hybridized carbons (Fsp3) is 0.133. The highest BCUT2D eigenvalue weighted by Crippen LogP contribution is 2.18. The lowest BCUT2D eigenvalue weighted by Crippen LogP contribution is -2.30. The second-order valence-electron chi connectivity index (χ2n) is 4.48. The summed E-state index contributed by atoms with van der Waals surface area (Å²) in [6.45, 7) is 1.26. The third kappa shape index (κ3) is 4.01. The SMILES string of the molecule is CC(OC(=O)c1c(F)cccc1F)C(=O)Nc1cccnc1Cl. The Morgan fingerprint density at radius 2 is 1.87 bits per heavy atom. The Hall–Kier alpha value is -2.54. The molecule has 120 valence electrons. The topological polar surface area (TPSA) is 68.3 Å². The number of carbonyl (C=O) groups excluding carboxylic acids is 2. The summed E-state index contributed by atoms with van der Waals surface area (Å²) in [4.78, 5) is 27.5. The number of carbonyl (C=O) groups is 2. The van der Waals surface area contributed by atoms with E-state index in [0.717, 1.165) is 18.2 Å². The van der Waals surface area contributed by atoms with Crippen molar-refractivity contribution in [1.82, 2.24) is 4.98 Å². The van der Waals surface area contributed by atoms with Crippen molar-refractivity contribution in [3.63, 3.8) is 0 Å². The van der Waals surface area contributed by atoms with Crippen LogP contribution in [0.2, 0.25) is 5.15 Å². The van der Waals surface area contributed by atoms with Crippen molar-refractivity contribution < 1.29 is 23.1 Å². The Bertz CT molecular complexity index is 735. The van der Waals surface area contributed by atoms with Crippen molar-refractivity contribution in [2.24, 2.45) is 0 Å². The zero-order valence-corrected chi connectivity index (χ0v) is 12.6. The summed E-state index contributed by atoms with van der Waals surface area (Å²) < 4.78 is 31.7. The number of nitrogens with one attached hydrogen (secondary N) is 1. The number of amides is 1. The molecule has 1 aromatic carbocycles. The molecule has 1 aromatic heterocycles. The van der Waals surface area contributed by atoms with Crippen LogP contribution in [-0.4, -0.2) is 23.0 Å². The highest BCUT2D eigenvalue weighted by Gasteiger charge is 2.24. The predicted octanol–water partition coefficient (Wildman–Crippen LogP) is 3.20. The number of anilines is 1. The molecule has 0 spiro atoms. The van der Waals surface area contributed by atoms with Gasteiger partial charge in [-0.15, -0.1) is 0 Å². The molecule has 8 heteroatoms. The third-order valence-corrected chi connectivity index (χ3v) is 3.14. The summed E-state index contributed by atoms with van der Waals surface area (Å²) in [6, 6.07) is 5.99. The first-order valence-corrected chi connectivity index (χ1v) is 6.84. The quantitative estimate of drug-likeness (QED) is 0.685. The molecule has 0 saturated carbocycles. The van der Waals surface area contributed by atoms with Crippen molar-refractivity contribution in [3.05, 3.63) is 58.9 Å². The monoisotopic (exact) mass is 340 g/mol. The van der Waals surface area contributed by atoms with Crippen LogP contribution >= 0.6 is 11.6 Å². The molecule has 1 unspecified atom stereocenters. The van der Waals surface area contributed by atoms with Gasteiger partial charge in [-0.25, -0.2) is 18.6 Å². The number of ether oxygens (including phenoxy) is 1. The second-order valence-corrected chi connectivity index (χ2v) is 4.83. The smallest absolute Gasteiger partial charge is 0.344 e. The number of hydrogen-bond donors (Lipinski definition) is 1. The Kier molecular flexibility index (Phi) is 5.23. The van der Waals surface area contributed by atoms with E-state index in [1.807, 2.05) is 0 Å². The highest BCUT2D eigenvalue weighted by atomic mass is 35.5. The molecular weight excluding hydrogens is 330 g/mol. The van der Waals surface area contributed by atoms with E-state index in [0.29, 0.717) is 0 Å². The number of pyridine rings is 1. The van der Waals surface area contributed by atoms with Crippen molar-refractivity contribution in [2.75, 3.05) is 5.32 Å². The van der Waals surface area contributed by atoms with Crippen LogP contribution in [-0.2, 0) is 9.53 Å². The van der Waals surface area contributed by atoms with Crippen molar-refractivity contribution in [2.45, 2.75) is 13.0 Å². The van der Waals surface area contributed by atoms with E-state index in [-0.39, 0.29) is 10.8 Å². The summed E-state index contributed by atoms with van der Waals surface area (Å²) in [7, 11) is 0. The minimum atomic E-state index is -1.29. The van der Waals surface area contributed by atoms with E-state index in [2.05, 4.69) is 10.3 Å². The number of rotatable bonds is 4. The summed E-state index contributed by atoms with van der Waals surface area (Å²) in [5.74, 6) is -4.14. The first kappa shape index (κ1) is 16.8. The molecule has 23 heavy (non-hydrogen) atoms. The van der Waals surface area contributed by atoms with Gasteiger partial charge in [-0.2, -0.15) is 0 Å². The number of benzene rings is 1. The maximum atomic E-state index is 13.5. The molecule has 0 fully saturated rings. The molecule has 0 aliphatic heterocycles. The zero-order valence-electron chi connectivity index (χ0n) is 11.8. The molecule has 0 aliphatic rings. The second kappa shape index (κ2) is 7.15. The molecule has 2 aromatic rings. The Morgan fingerprint density at radius 1 is 1.22 bits per heavy atom. The van der Waals surface area contributed by atoms with Gasteiger partial charge in [0.2, 0.25) is 0 Å². The lowest BCUT2D eigenvalue weighted by molar-refractivity contribution is -0.123. The van der Waals surface area contributed by atoms with Crippen LogP contribution in [0, 0.1) is 11.6 Å². The van der Waals surface area contributed by atoms with E-state index < -0.39 is 35.2 Å². The molecule has 0 aliphatic carbocycles. The van der Waals surface area contributed by atoms with E-state index in [9.17, 15) is 18.4 Å². The number of nitrogens with zero attached hydrogens (tertiary/aromatic N) is 1. The van der Waals surface area contributed by atoms with Crippen LogP contribution in [0.25, 0.3) is 0 Å². The van der Waals surface area contributed by atoms with Gasteiger partial charge < -0.3 is 10.1 Å². The van der Waals surface area contributed by atoms with Gasteiger partial charge in [0.25, 0.3) is 5.91 Å². The largest absolute Gasteiger partial charge is 0.449 e. The molecule has 1 heterocycles. The fourth-order valence-corrected chi connectivity index (χ4v) is 1.85. The van der Waals surface area contributed by atoms with Crippen molar-refractivity contribution >= 4 is 29.2 Å². The predicted molar refractivity (Wildman–Crippen MR) is 79.1 cm³/mol. The Balaban J connectivity index is 2.06. The van der Waals surface area contributed by atoms with Gasteiger partial charge in [-0.05, 0) is 31.2 Å². The van der Waals surface area contributed by atoms with Gasteiger partial charge in [-0.3, -0.25) is 4.79 Å². The van der Waals surface area contributed by atoms with Crippen LogP contribution in [0.15, 0.2) is 36.5 Å². The van der Waals surface area contributed by atoms with Crippen LogP contribution in [0.4, 0.5) is 14.5 Å². The maximum absolute atomic E-state index is 13.5. The van der Waals surface area contributed by atoms with E-state index in [4.69, 9.17) is 16.3 Å². The lowest BCUT2D eigenvalue weighted by atomic mass is 10.2. The summed E-state index contributed by atoms with van der Waals surface area (Å²) >= 11 is 5.78. The van der Waals surface area contributed by atoms with Gasteiger partial charge >= 0.3 is 5.97 Å². The van der Waals surface area contributed by atoms with Crippen LogP contribution in [0.5, 0.6) is 0 Å². The summed E-state index contributed by atoms with van der Waals surface area (Å²) in [5.41, 5.74) is -0.634. The molecule has 2 rings (SSSR count). The number of esters is 1. The average Bonchev–Trinajstić information content (AvgIpc) is 2.49. The maximum Gasteiger partial charge on any atom is 0.344 e. The zero-order chi connectivity index (χ0) is 17.0. The molecule has 0 saturated heterocycles. The van der Waals surface area contributed by atoms with E-state index in [1.165, 1.54) is 19.2 Å².